The van der Waals surface area contributed by atoms with Gasteiger partial charge in [-0.25, -0.2) is 9.78 Å². The van der Waals surface area contributed by atoms with Gasteiger partial charge in [0.05, 0.1) is 0 Å². The molecule has 2 N–H and O–H groups in total. The first kappa shape index (κ1) is 13.5. The number of aromatic nitrogens is 3. The molecule has 2 aromatic rings. The van der Waals surface area contributed by atoms with Crippen LogP contribution >= 0.6 is 0 Å². The highest BCUT2D eigenvalue weighted by Gasteiger charge is 2.18. The number of hydrogen-bond donors (Lipinski definition) is 2. The fourth-order valence-corrected chi connectivity index (χ4v) is 2.53. The second-order valence-electron chi connectivity index (χ2n) is 5.01. The van der Waals surface area contributed by atoms with Crippen molar-refractivity contribution in [2.75, 3.05) is 11.9 Å². The van der Waals surface area contributed by atoms with Crippen LogP contribution in [-0.2, 0) is 19.3 Å². The number of carboxylic acids is 1. The number of carboxylic acid groups (broad SMARTS) is 1. The molecule has 2 aromatic heterocycles. The Bertz CT molecular complexity index is 640. The molecular weight excluding hydrogens is 272 g/mol. The molecule has 0 atom stereocenters. The lowest BCUT2D eigenvalue weighted by Gasteiger charge is -2.18. The van der Waals surface area contributed by atoms with Crippen LogP contribution in [0.3, 0.4) is 0 Å². The van der Waals surface area contributed by atoms with E-state index in [-0.39, 0.29) is 5.56 Å². The van der Waals surface area contributed by atoms with Crippen LogP contribution in [0.25, 0.3) is 0 Å². The van der Waals surface area contributed by atoms with Crippen molar-refractivity contribution in [1.29, 1.82) is 0 Å². The first-order valence-electron chi connectivity index (χ1n) is 6.99. The topological polar surface area (TPSA) is 101 Å². The number of rotatable bonds is 5. The Morgan fingerprint density at radius 3 is 3.00 bits per heavy atom. The van der Waals surface area contributed by atoms with Crippen molar-refractivity contribution in [3.05, 3.63) is 35.1 Å². The highest BCUT2D eigenvalue weighted by atomic mass is 16.5. The Morgan fingerprint density at radius 1 is 1.38 bits per heavy atom. The summed E-state index contributed by atoms with van der Waals surface area (Å²) in [4.78, 5) is 19.8. The van der Waals surface area contributed by atoms with E-state index in [1.54, 1.807) is 6.07 Å². The summed E-state index contributed by atoms with van der Waals surface area (Å²) in [6, 6.07) is 1.75. The van der Waals surface area contributed by atoms with Gasteiger partial charge < -0.3 is 14.9 Å². The molecule has 110 valence electrons. The average Bonchev–Trinajstić information content (AvgIpc) is 2.99. The molecule has 0 saturated heterocycles. The number of pyridine rings is 1. The van der Waals surface area contributed by atoms with Crippen molar-refractivity contribution >= 4 is 11.8 Å². The van der Waals surface area contributed by atoms with Gasteiger partial charge in [-0.15, -0.1) is 0 Å². The monoisotopic (exact) mass is 288 g/mol. The van der Waals surface area contributed by atoms with E-state index in [4.69, 9.17) is 4.52 Å². The molecule has 0 saturated carbocycles. The fourth-order valence-electron chi connectivity index (χ4n) is 2.53. The Morgan fingerprint density at radius 2 is 2.24 bits per heavy atom. The lowest BCUT2D eigenvalue weighted by molar-refractivity contribution is 0.0697. The van der Waals surface area contributed by atoms with Gasteiger partial charge in [-0.2, -0.15) is 4.98 Å². The molecule has 3 rings (SSSR count). The van der Waals surface area contributed by atoms with E-state index >= 15 is 0 Å². The molecule has 0 radical (unpaired) electrons. The summed E-state index contributed by atoms with van der Waals surface area (Å²) in [5, 5.41) is 15.9. The summed E-state index contributed by atoms with van der Waals surface area (Å²) in [6.07, 6.45) is 5.89. The lowest BCUT2D eigenvalue weighted by Crippen LogP contribution is -2.15. The number of aromatic carboxylic acids is 1. The van der Waals surface area contributed by atoms with Gasteiger partial charge in [-0.05, 0) is 37.3 Å². The molecule has 1 aliphatic rings. The van der Waals surface area contributed by atoms with Crippen molar-refractivity contribution in [2.24, 2.45) is 0 Å². The minimum absolute atomic E-state index is 0.223. The number of anilines is 1. The van der Waals surface area contributed by atoms with Gasteiger partial charge in [0, 0.05) is 18.7 Å². The molecule has 0 fully saturated rings. The number of aryl methyl sites for hydroxylation is 2. The quantitative estimate of drug-likeness (QED) is 0.863. The maximum absolute atomic E-state index is 11.4. The second-order valence-corrected chi connectivity index (χ2v) is 5.01. The number of hydrogen-bond acceptors (Lipinski definition) is 6. The third-order valence-electron chi connectivity index (χ3n) is 3.57. The summed E-state index contributed by atoms with van der Waals surface area (Å²) < 4.78 is 4.90. The van der Waals surface area contributed by atoms with E-state index in [9.17, 15) is 9.90 Å². The third kappa shape index (κ3) is 3.01. The predicted octanol–water partition coefficient (Wildman–Crippen LogP) is 1.70. The lowest BCUT2D eigenvalue weighted by atomic mass is 9.94. The summed E-state index contributed by atoms with van der Waals surface area (Å²) in [6.45, 7) is 0.494. The van der Waals surface area contributed by atoms with Gasteiger partial charge >= 0.3 is 5.97 Å². The van der Waals surface area contributed by atoms with E-state index in [2.05, 4.69) is 20.4 Å². The summed E-state index contributed by atoms with van der Waals surface area (Å²) in [7, 11) is 0. The van der Waals surface area contributed by atoms with E-state index in [1.165, 1.54) is 6.33 Å². The highest BCUT2D eigenvalue weighted by Crippen LogP contribution is 2.24. The van der Waals surface area contributed by atoms with Gasteiger partial charge in [-0.1, -0.05) is 5.16 Å². The van der Waals surface area contributed by atoms with Crippen LogP contribution in [0.5, 0.6) is 0 Å². The first-order chi connectivity index (χ1) is 10.2. The predicted molar refractivity (Wildman–Crippen MR) is 74.3 cm³/mol. The van der Waals surface area contributed by atoms with E-state index in [0.717, 1.165) is 36.9 Å². The highest BCUT2D eigenvalue weighted by molar-refractivity contribution is 5.93. The van der Waals surface area contributed by atoms with Crippen LogP contribution in [-0.4, -0.2) is 32.7 Å². The maximum atomic E-state index is 11.4. The van der Waals surface area contributed by atoms with Gasteiger partial charge in [0.1, 0.15) is 11.4 Å². The van der Waals surface area contributed by atoms with Crippen LogP contribution in [0.1, 0.15) is 40.3 Å². The summed E-state index contributed by atoms with van der Waals surface area (Å²) in [5.41, 5.74) is 2.29. The zero-order valence-electron chi connectivity index (χ0n) is 11.5. The smallest absolute Gasteiger partial charge is 0.339 e. The van der Waals surface area contributed by atoms with E-state index in [1.807, 2.05) is 0 Å². The number of fused-ring (bicyclic) bond motifs is 1. The number of nitrogens with one attached hydrogen (secondary N) is 1. The van der Waals surface area contributed by atoms with Gasteiger partial charge in [0.15, 0.2) is 6.33 Å². The fraction of sp³-hybridized carbons (Fsp3) is 0.429. The molecule has 0 aromatic carbocycles. The number of carbonyl (C=O) groups is 1. The summed E-state index contributed by atoms with van der Waals surface area (Å²) in [5.74, 6) is -0.0313. The standard InChI is InChI=1S/C14H16N4O3/c19-14(20)10-7-9-3-1-2-4-11(9)18-13(10)15-6-5-12-16-8-17-21-12/h7-8H,1-6H2,(H,15,18)(H,19,20). The normalized spacial score (nSPS) is 13.7. The molecule has 2 heterocycles. The molecule has 1 aliphatic carbocycles. The largest absolute Gasteiger partial charge is 0.478 e. The summed E-state index contributed by atoms with van der Waals surface area (Å²) >= 11 is 0. The molecule has 0 aliphatic heterocycles. The first-order valence-corrected chi connectivity index (χ1v) is 6.99. The van der Waals surface area contributed by atoms with Crippen LogP contribution in [0.4, 0.5) is 5.82 Å². The van der Waals surface area contributed by atoms with Crippen molar-refractivity contribution in [3.8, 4) is 0 Å². The van der Waals surface area contributed by atoms with Crippen molar-refractivity contribution in [2.45, 2.75) is 32.1 Å². The number of nitrogens with zero attached hydrogens (tertiary/aromatic N) is 3. The molecule has 21 heavy (non-hydrogen) atoms. The van der Waals surface area contributed by atoms with Crippen LogP contribution < -0.4 is 5.32 Å². The molecule has 0 bridgehead atoms. The van der Waals surface area contributed by atoms with Crippen molar-refractivity contribution in [3.63, 3.8) is 0 Å². The Kier molecular flexibility index (Phi) is 3.81. The molecule has 0 unspecified atom stereocenters. The Labute approximate surface area is 121 Å². The van der Waals surface area contributed by atoms with Gasteiger partial charge in [0.25, 0.3) is 0 Å². The van der Waals surface area contributed by atoms with Crippen LogP contribution in [0, 0.1) is 0 Å². The molecule has 7 heteroatoms. The second kappa shape index (κ2) is 5.90. The van der Waals surface area contributed by atoms with Crippen molar-refractivity contribution in [1.82, 2.24) is 15.1 Å². The van der Waals surface area contributed by atoms with Crippen LogP contribution in [0.2, 0.25) is 0 Å². The van der Waals surface area contributed by atoms with Gasteiger partial charge in [-0.3, -0.25) is 0 Å². The Balaban J connectivity index is 1.77. The maximum Gasteiger partial charge on any atom is 0.339 e. The SMILES string of the molecule is O=C(O)c1cc2c(nc1NCCc1ncno1)CCCC2. The van der Waals surface area contributed by atoms with Gasteiger partial charge in [0.2, 0.25) is 5.89 Å². The minimum Gasteiger partial charge on any atom is -0.478 e. The van der Waals surface area contributed by atoms with E-state index < -0.39 is 5.97 Å². The Hall–Kier alpha value is -2.44. The zero-order valence-corrected chi connectivity index (χ0v) is 11.5. The average molecular weight is 288 g/mol. The van der Waals surface area contributed by atoms with Crippen molar-refractivity contribution < 1.29 is 14.4 Å². The molecule has 7 nitrogen and oxygen atoms in total. The van der Waals surface area contributed by atoms with E-state index in [0.29, 0.717) is 24.7 Å². The minimum atomic E-state index is -0.962. The molecule has 0 spiro atoms. The third-order valence-corrected chi connectivity index (χ3v) is 3.57. The van der Waals surface area contributed by atoms with Crippen LogP contribution in [0.15, 0.2) is 16.9 Å². The zero-order chi connectivity index (χ0) is 14.7. The molecular formula is C14H16N4O3. The molecule has 0 amide bonds.